The second-order valence-corrected chi connectivity index (χ2v) is 6.81. The maximum absolute atomic E-state index is 11.5. The smallest absolute Gasteiger partial charge is 0.407 e. The number of hydrogen-bond donors (Lipinski definition) is 2. The largest absolute Gasteiger partial charge is 0.444 e. The third-order valence-corrected chi connectivity index (χ3v) is 3.62. The van der Waals surface area contributed by atoms with Crippen molar-refractivity contribution in [1.82, 2.24) is 10.6 Å². The van der Waals surface area contributed by atoms with Crippen LogP contribution in [0, 0.1) is 5.92 Å². The van der Waals surface area contributed by atoms with Gasteiger partial charge in [-0.25, -0.2) is 4.79 Å². The molecule has 22 heavy (non-hydrogen) atoms. The molecule has 132 valence electrons. The highest BCUT2D eigenvalue weighted by molar-refractivity contribution is 5.67. The molecule has 1 amide bonds. The summed E-state index contributed by atoms with van der Waals surface area (Å²) < 4.78 is 10.5. The number of ether oxygens (including phenoxy) is 2. The van der Waals surface area contributed by atoms with Crippen molar-refractivity contribution in [3.63, 3.8) is 0 Å². The zero-order valence-corrected chi connectivity index (χ0v) is 15.3. The number of nitrogens with one attached hydrogen (secondary N) is 2. The van der Waals surface area contributed by atoms with E-state index in [0.717, 1.165) is 25.3 Å². The van der Waals surface area contributed by atoms with Gasteiger partial charge in [0, 0.05) is 19.7 Å². The normalized spacial score (nSPS) is 13.2. The first-order valence-electron chi connectivity index (χ1n) is 8.51. The summed E-state index contributed by atoms with van der Waals surface area (Å²) in [6.07, 6.45) is 3.93. The summed E-state index contributed by atoms with van der Waals surface area (Å²) in [6.45, 7) is 12.4. The van der Waals surface area contributed by atoms with E-state index in [2.05, 4.69) is 24.5 Å². The Hall–Kier alpha value is -0.810. The molecule has 0 aromatic carbocycles. The van der Waals surface area contributed by atoms with Crippen molar-refractivity contribution in [1.29, 1.82) is 0 Å². The maximum Gasteiger partial charge on any atom is 0.407 e. The molecule has 0 spiro atoms. The molecule has 2 N–H and O–H groups in total. The lowest BCUT2D eigenvalue weighted by molar-refractivity contribution is 0.0526. The van der Waals surface area contributed by atoms with E-state index in [9.17, 15) is 4.79 Å². The van der Waals surface area contributed by atoms with E-state index in [1.54, 1.807) is 7.11 Å². The number of carbonyl (C=O) groups excluding carboxylic acids is 1. The average Bonchev–Trinajstić information content (AvgIpc) is 2.42. The summed E-state index contributed by atoms with van der Waals surface area (Å²) in [5.41, 5.74) is -0.445. The topological polar surface area (TPSA) is 59.6 Å². The molecule has 0 radical (unpaired) electrons. The Balaban J connectivity index is 3.92. The third-order valence-electron chi connectivity index (χ3n) is 3.62. The van der Waals surface area contributed by atoms with Gasteiger partial charge in [0.05, 0.1) is 6.61 Å². The lowest BCUT2D eigenvalue weighted by atomic mass is 10.0. The van der Waals surface area contributed by atoms with E-state index in [1.807, 2.05) is 20.8 Å². The molecule has 5 nitrogen and oxygen atoms in total. The van der Waals surface area contributed by atoms with E-state index >= 15 is 0 Å². The molecule has 0 saturated carbocycles. The van der Waals surface area contributed by atoms with Crippen molar-refractivity contribution in [2.24, 2.45) is 5.92 Å². The highest BCUT2D eigenvalue weighted by Crippen LogP contribution is 2.08. The SMILES string of the molecule is CCC(CC)CNC(CCCNC(=O)OC(C)(C)C)COC. The van der Waals surface area contributed by atoms with Crippen LogP contribution in [0.1, 0.15) is 60.3 Å². The predicted molar refractivity (Wildman–Crippen MR) is 91.2 cm³/mol. The summed E-state index contributed by atoms with van der Waals surface area (Å²) >= 11 is 0. The van der Waals surface area contributed by atoms with Gasteiger partial charge in [-0.05, 0) is 46.1 Å². The van der Waals surface area contributed by atoms with Crippen LogP contribution in [-0.4, -0.2) is 44.5 Å². The number of amides is 1. The van der Waals surface area contributed by atoms with E-state index in [1.165, 1.54) is 12.8 Å². The van der Waals surface area contributed by atoms with Gasteiger partial charge >= 0.3 is 6.09 Å². The van der Waals surface area contributed by atoms with Crippen LogP contribution in [0.4, 0.5) is 4.79 Å². The van der Waals surface area contributed by atoms with Gasteiger partial charge in [0.2, 0.25) is 0 Å². The van der Waals surface area contributed by atoms with Crippen LogP contribution >= 0.6 is 0 Å². The summed E-state index contributed by atoms with van der Waals surface area (Å²) in [7, 11) is 1.73. The number of alkyl carbamates (subject to hydrolysis) is 1. The van der Waals surface area contributed by atoms with Gasteiger partial charge in [0.25, 0.3) is 0 Å². The zero-order valence-electron chi connectivity index (χ0n) is 15.3. The first-order chi connectivity index (χ1) is 10.3. The molecule has 0 heterocycles. The van der Waals surface area contributed by atoms with Crippen LogP contribution in [0.2, 0.25) is 0 Å². The van der Waals surface area contributed by atoms with Gasteiger partial charge in [-0.3, -0.25) is 0 Å². The number of rotatable bonds is 11. The van der Waals surface area contributed by atoms with Crippen molar-refractivity contribution in [2.45, 2.75) is 71.9 Å². The molecule has 5 heteroatoms. The molecule has 0 aliphatic carbocycles. The van der Waals surface area contributed by atoms with E-state index < -0.39 is 5.60 Å². The molecule has 0 fully saturated rings. The third kappa shape index (κ3) is 11.8. The molecule has 0 aliphatic heterocycles. The minimum Gasteiger partial charge on any atom is -0.444 e. The molecule has 1 atom stereocenters. The van der Waals surface area contributed by atoms with E-state index in [-0.39, 0.29) is 6.09 Å². The molecule has 0 saturated heterocycles. The zero-order chi connectivity index (χ0) is 17.0. The summed E-state index contributed by atoms with van der Waals surface area (Å²) in [4.78, 5) is 11.5. The number of hydrogen-bond acceptors (Lipinski definition) is 4. The first kappa shape index (κ1) is 21.2. The Morgan fingerprint density at radius 3 is 2.32 bits per heavy atom. The first-order valence-corrected chi connectivity index (χ1v) is 8.51. The molecule has 0 bridgehead atoms. The van der Waals surface area contributed by atoms with Gasteiger partial charge in [-0.15, -0.1) is 0 Å². The van der Waals surface area contributed by atoms with Gasteiger partial charge < -0.3 is 20.1 Å². The second kappa shape index (κ2) is 11.7. The summed E-state index contributed by atoms with van der Waals surface area (Å²) in [6, 6.07) is 0.339. The van der Waals surface area contributed by atoms with Crippen molar-refractivity contribution in [2.75, 3.05) is 26.8 Å². The van der Waals surface area contributed by atoms with Gasteiger partial charge in [0.1, 0.15) is 5.60 Å². The average molecular weight is 316 g/mol. The fourth-order valence-electron chi connectivity index (χ4n) is 2.21. The second-order valence-electron chi connectivity index (χ2n) is 6.81. The summed E-state index contributed by atoms with van der Waals surface area (Å²) in [5, 5.41) is 6.37. The Bertz CT molecular complexity index is 286. The van der Waals surface area contributed by atoms with E-state index in [4.69, 9.17) is 9.47 Å². The lowest BCUT2D eigenvalue weighted by Crippen LogP contribution is -2.38. The Labute approximate surface area is 136 Å². The van der Waals surface area contributed by atoms with Crippen LogP contribution in [0.3, 0.4) is 0 Å². The monoisotopic (exact) mass is 316 g/mol. The number of carbonyl (C=O) groups is 1. The molecular weight excluding hydrogens is 280 g/mol. The van der Waals surface area contributed by atoms with E-state index in [0.29, 0.717) is 19.2 Å². The fourth-order valence-corrected chi connectivity index (χ4v) is 2.21. The van der Waals surface area contributed by atoms with Crippen LogP contribution in [-0.2, 0) is 9.47 Å². The molecule has 0 aromatic heterocycles. The summed E-state index contributed by atoms with van der Waals surface area (Å²) in [5.74, 6) is 0.722. The minimum atomic E-state index is -0.445. The minimum absolute atomic E-state index is 0.339. The predicted octanol–water partition coefficient (Wildman–Crippen LogP) is 3.33. The lowest BCUT2D eigenvalue weighted by Gasteiger charge is -2.22. The highest BCUT2D eigenvalue weighted by atomic mass is 16.6. The van der Waals surface area contributed by atoms with Crippen LogP contribution in [0.25, 0.3) is 0 Å². The Morgan fingerprint density at radius 2 is 1.82 bits per heavy atom. The molecule has 0 aromatic rings. The van der Waals surface area contributed by atoms with Crippen molar-refractivity contribution < 1.29 is 14.3 Å². The van der Waals surface area contributed by atoms with Crippen LogP contribution in [0.15, 0.2) is 0 Å². The van der Waals surface area contributed by atoms with Crippen molar-refractivity contribution in [3.05, 3.63) is 0 Å². The quantitative estimate of drug-likeness (QED) is 0.574. The maximum atomic E-state index is 11.5. The van der Waals surface area contributed by atoms with Crippen molar-refractivity contribution in [3.8, 4) is 0 Å². The van der Waals surface area contributed by atoms with Gasteiger partial charge in [-0.2, -0.15) is 0 Å². The standard InChI is InChI=1S/C17H36N2O3/c1-7-14(8-2)12-19-15(13-21-6)10-9-11-18-16(20)22-17(3,4)5/h14-15,19H,7-13H2,1-6H3,(H,18,20). The van der Waals surface area contributed by atoms with Crippen LogP contribution in [0.5, 0.6) is 0 Å². The Kier molecular flexibility index (Phi) is 11.3. The molecule has 1 unspecified atom stereocenters. The van der Waals surface area contributed by atoms with Gasteiger partial charge in [-0.1, -0.05) is 26.7 Å². The fraction of sp³-hybridized carbons (Fsp3) is 0.941. The highest BCUT2D eigenvalue weighted by Gasteiger charge is 2.16. The molecular formula is C17H36N2O3. The Morgan fingerprint density at radius 1 is 1.18 bits per heavy atom. The molecule has 0 rings (SSSR count). The van der Waals surface area contributed by atoms with Crippen LogP contribution < -0.4 is 10.6 Å². The number of methoxy groups -OCH3 is 1. The molecule has 0 aliphatic rings. The van der Waals surface area contributed by atoms with Crippen molar-refractivity contribution >= 4 is 6.09 Å². The van der Waals surface area contributed by atoms with Gasteiger partial charge in [0.15, 0.2) is 0 Å².